The van der Waals surface area contributed by atoms with Gasteiger partial charge >= 0.3 is 6.01 Å². The van der Waals surface area contributed by atoms with Crippen LogP contribution in [0.2, 0.25) is 0 Å². The number of aryl methyl sites for hydroxylation is 2. The average molecular weight is 272 g/mol. The maximum atomic E-state index is 11.5. The number of carbonyl (C=O) groups is 1. The Morgan fingerprint density at radius 3 is 2.05 bits per heavy atom. The lowest BCUT2D eigenvalue weighted by Gasteiger charge is -2.10. The van der Waals surface area contributed by atoms with Crippen molar-refractivity contribution in [3.05, 3.63) is 41.2 Å². The number of benzene rings is 1. The first-order valence-electron chi connectivity index (χ1n) is 6.17. The zero-order chi connectivity index (χ0) is 14.7. The number of Topliss-reactive ketones (excluding diaryl/α,β-unsaturated/α-hetero) is 1. The molecule has 0 radical (unpaired) electrons. The molecule has 1 aromatic carbocycles. The van der Waals surface area contributed by atoms with Gasteiger partial charge in [-0.25, -0.2) is 0 Å². The van der Waals surface area contributed by atoms with Crippen LogP contribution in [0.1, 0.15) is 28.4 Å². The largest absolute Gasteiger partial charge is 0.494 e. The Kier molecular flexibility index (Phi) is 3.98. The molecule has 2 rings (SSSR count). The Bertz CT molecular complexity index is 613. The summed E-state index contributed by atoms with van der Waals surface area (Å²) in [7, 11) is 1.55. The van der Waals surface area contributed by atoms with E-state index in [2.05, 4.69) is 9.97 Å². The first-order chi connectivity index (χ1) is 9.51. The molecule has 0 unspecified atom stereocenters. The van der Waals surface area contributed by atoms with Gasteiger partial charge in [-0.1, -0.05) is 0 Å². The lowest BCUT2D eigenvalue weighted by molar-refractivity contribution is 0.101. The summed E-state index contributed by atoms with van der Waals surface area (Å²) in [4.78, 5) is 19.6. The highest BCUT2D eigenvalue weighted by molar-refractivity contribution is 5.97. The minimum absolute atomic E-state index is 0.0484. The second kappa shape index (κ2) is 5.69. The zero-order valence-corrected chi connectivity index (χ0v) is 11.9. The summed E-state index contributed by atoms with van der Waals surface area (Å²) in [5.74, 6) is 1.22. The first-order valence-corrected chi connectivity index (χ1v) is 6.17. The van der Waals surface area contributed by atoms with E-state index < -0.39 is 0 Å². The smallest absolute Gasteiger partial charge is 0.322 e. The fraction of sp³-hybridized carbons (Fsp3) is 0.267. The SMILES string of the molecule is COc1cnc(Oc2cc(C)c(C(C)=O)c(C)c2)nc1. The number of aromatic nitrogens is 2. The monoisotopic (exact) mass is 272 g/mol. The molecule has 104 valence electrons. The minimum atomic E-state index is 0.0484. The van der Waals surface area contributed by atoms with E-state index in [9.17, 15) is 4.79 Å². The van der Waals surface area contributed by atoms with Gasteiger partial charge in [0, 0.05) is 5.56 Å². The van der Waals surface area contributed by atoms with Crippen LogP contribution in [0.15, 0.2) is 24.5 Å². The predicted octanol–water partition coefficient (Wildman–Crippen LogP) is 3.10. The molecule has 0 fully saturated rings. The van der Waals surface area contributed by atoms with Crippen molar-refractivity contribution in [3.8, 4) is 17.5 Å². The van der Waals surface area contributed by atoms with Crippen molar-refractivity contribution in [2.75, 3.05) is 7.11 Å². The third kappa shape index (κ3) is 2.93. The standard InChI is InChI=1S/C15H16N2O3/c1-9-5-12(6-10(2)14(9)11(3)18)20-15-16-7-13(19-4)8-17-15/h5-8H,1-4H3. The van der Waals surface area contributed by atoms with E-state index in [-0.39, 0.29) is 11.8 Å². The van der Waals surface area contributed by atoms with E-state index in [4.69, 9.17) is 9.47 Å². The van der Waals surface area contributed by atoms with Gasteiger partial charge in [0.05, 0.1) is 19.5 Å². The van der Waals surface area contributed by atoms with Gasteiger partial charge in [-0.15, -0.1) is 0 Å². The summed E-state index contributed by atoms with van der Waals surface area (Å²) in [6, 6.07) is 3.84. The molecule has 0 saturated heterocycles. The van der Waals surface area contributed by atoms with Crippen LogP contribution in [-0.4, -0.2) is 22.9 Å². The Morgan fingerprint density at radius 2 is 1.60 bits per heavy atom. The predicted molar refractivity (Wildman–Crippen MR) is 74.6 cm³/mol. The summed E-state index contributed by atoms with van der Waals surface area (Å²) in [5, 5.41) is 0. The topological polar surface area (TPSA) is 61.3 Å². The van der Waals surface area contributed by atoms with E-state index in [0.29, 0.717) is 11.5 Å². The van der Waals surface area contributed by atoms with Crippen LogP contribution in [0.5, 0.6) is 17.5 Å². The van der Waals surface area contributed by atoms with Crippen LogP contribution in [0.4, 0.5) is 0 Å². The van der Waals surface area contributed by atoms with Crippen LogP contribution < -0.4 is 9.47 Å². The molecule has 0 spiro atoms. The summed E-state index contributed by atoms with van der Waals surface area (Å²) in [5.41, 5.74) is 2.48. The maximum Gasteiger partial charge on any atom is 0.322 e. The van der Waals surface area contributed by atoms with Crippen LogP contribution in [0.25, 0.3) is 0 Å². The number of hydrogen-bond donors (Lipinski definition) is 0. The Balaban J connectivity index is 2.27. The second-order valence-corrected chi connectivity index (χ2v) is 4.50. The van der Waals surface area contributed by atoms with Crippen LogP contribution in [0.3, 0.4) is 0 Å². The van der Waals surface area contributed by atoms with E-state index in [1.54, 1.807) is 26.2 Å². The van der Waals surface area contributed by atoms with Crippen molar-refractivity contribution in [2.24, 2.45) is 0 Å². The molecule has 0 saturated carbocycles. The molecule has 5 nitrogen and oxygen atoms in total. The van der Waals surface area contributed by atoms with Crippen LogP contribution in [0, 0.1) is 13.8 Å². The van der Waals surface area contributed by atoms with Crippen molar-refractivity contribution in [1.29, 1.82) is 0 Å². The first kappa shape index (κ1) is 14.0. The normalized spacial score (nSPS) is 10.2. The molecule has 2 aromatic rings. The Morgan fingerprint density at radius 1 is 1.05 bits per heavy atom. The van der Waals surface area contributed by atoms with Crippen molar-refractivity contribution < 1.29 is 14.3 Å². The molecular formula is C15H16N2O3. The molecule has 0 aliphatic heterocycles. The Hall–Kier alpha value is -2.43. The highest BCUT2D eigenvalue weighted by atomic mass is 16.5. The number of ketones is 1. The van der Waals surface area contributed by atoms with Gasteiger partial charge in [0.15, 0.2) is 11.5 Å². The number of rotatable bonds is 4. The average Bonchev–Trinajstić information content (AvgIpc) is 2.38. The Labute approximate surface area is 117 Å². The summed E-state index contributed by atoms with van der Waals surface area (Å²) >= 11 is 0. The molecule has 0 aliphatic rings. The molecule has 1 heterocycles. The summed E-state index contributed by atoms with van der Waals surface area (Å²) in [6.07, 6.45) is 3.07. The second-order valence-electron chi connectivity index (χ2n) is 4.50. The molecule has 5 heteroatoms. The van der Waals surface area contributed by atoms with Gasteiger partial charge < -0.3 is 9.47 Å². The highest BCUT2D eigenvalue weighted by Crippen LogP contribution is 2.25. The fourth-order valence-corrected chi connectivity index (χ4v) is 2.11. The zero-order valence-electron chi connectivity index (χ0n) is 11.9. The van der Waals surface area contributed by atoms with Gasteiger partial charge in [-0.3, -0.25) is 4.79 Å². The maximum absolute atomic E-state index is 11.5. The van der Waals surface area contributed by atoms with E-state index in [1.165, 1.54) is 12.4 Å². The lowest BCUT2D eigenvalue weighted by atomic mass is 9.99. The molecule has 1 aromatic heterocycles. The number of nitrogens with zero attached hydrogens (tertiary/aromatic N) is 2. The third-order valence-electron chi connectivity index (χ3n) is 2.91. The van der Waals surface area contributed by atoms with E-state index in [0.717, 1.165) is 16.7 Å². The molecule has 0 N–H and O–H groups in total. The molecule has 0 aliphatic carbocycles. The summed E-state index contributed by atoms with van der Waals surface area (Å²) in [6.45, 7) is 5.32. The van der Waals surface area contributed by atoms with E-state index >= 15 is 0 Å². The third-order valence-corrected chi connectivity index (χ3v) is 2.91. The number of methoxy groups -OCH3 is 1. The summed E-state index contributed by atoms with van der Waals surface area (Å²) < 4.78 is 10.6. The fourth-order valence-electron chi connectivity index (χ4n) is 2.11. The minimum Gasteiger partial charge on any atom is -0.494 e. The van der Waals surface area contributed by atoms with Crippen molar-refractivity contribution in [3.63, 3.8) is 0 Å². The van der Waals surface area contributed by atoms with Gasteiger partial charge in [0.1, 0.15) is 5.75 Å². The van der Waals surface area contributed by atoms with Crippen molar-refractivity contribution in [1.82, 2.24) is 9.97 Å². The van der Waals surface area contributed by atoms with Crippen molar-refractivity contribution >= 4 is 5.78 Å². The van der Waals surface area contributed by atoms with Gasteiger partial charge in [0.2, 0.25) is 0 Å². The van der Waals surface area contributed by atoms with Gasteiger partial charge in [-0.05, 0) is 44.0 Å². The van der Waals surface area contributed by atoms with Crippen LogP contribution >= 0.6 is 0 Å². The van der Waals surface area contributed by atoms with Gasteiger partial charge in [0.25, 0.3) is 0 Å². The van der Waals surface area contributed by atoms with Gasteiger partial charge in [-0.2, -0.15) is 9.97 Å². The molecular weight excluding hydrogens is 256 g/mol. The molecule has 0 atom stereocenters. The number of carbonyl (C=O) groups excluding carboxylic acids is 1. The quantitative estimate of drug-likeness (QED) is 0.800. The molecule has 0 amide bonds. The highest BCUT2D eigenvalue weighted by Gasteiger charge is 2.11. The van der Waals surface area contributed by atoms with Crippen LogP contribution in [-0.2, 0) is 0 Å². The number of ether oxygens (including phenoxy) is 2. The molecule has 0 bridgehead atoms. The van der Waals surface area contributed by atoms with Crippen molar-refractivity contribution in [2.45, 2.75) is 20.8 Å². The van der Waals surface area contributed by atoms with E-state index in [1.807, 2.05) is 13.8 Å². The lowest BCUT2D eigenvalue weighted by Crippen LogP contribution is -2.01. The number of hydrogen-bond acceptors (Lipinski definition) is 5. The molecule has 20 heavy (non-hydrogen) atoms.